The standard InChI is InChI=1S/C14H13N3O2S/c15-14(20)17-16-8-11-7-10(3-6-13(11)19)9-1-4-12(18)5-2-9/h1-8,18-19H,(H3,15,17,20). The van der Waals surface area contributed by atoms with E-state index >= 15 is 0 Å². The van der Waals surface area contributed by atoms with Gasteiger partial charge in [-0.3, -0.25) is 5.43 Å². The van der Waals surface area contributed by atoms with Gasteiger partial charge in [0.2, 0.25) is 0 Å². The van der Waals surface area contributed by atoms with Crippen molar-refractivity contribution in [2.24, 2.45) is 10.8 Å². The van der Waals surface area contributed by atoms with E-state index in [1.165, 1.54) is 6.21 Å². The lowest BCUT2D eigenvalue weighted by molar-refractivity contribution is 0.474. The third kappa shape index (κ3) is 3.46. The molecule has 5 nitrogen and oxygen atoms in total. The van der Waals surface area contributed by atoms with Gasteiger partial charge < -0.3 is 15.9 Å². The molecule has 0 atom stereocenters. The first kappa shape index (κ1) is 13.8. The SMILES string of the molecule is NC(=S)NN=Cc1cc(-c2ccc(O)cc2)ccc1O. The van der Waals surface area contributed by atoms with Crippen molar-refractivity contribution in [1.82, 2.24) is 5.43 Å². The molecule has 0 aliphatic heterocycles. The second kappa shape index (κ2) is 6.03. The molecule has 0 bridgehead atoms. The maximum atomic E-state index is 9.77. The molecular formula is C14H13N3O2S. The first-order chi connectivity index (χ1) is 9.56. The van der Waals surface area contributed by atoms with Crippen molar-refractivity contribution in [3.63, 3.8) is 0 Å². The summed E-state index contributed by atoms with van der Waals surface area (Å²) in [6.07, 6.45) is 1.43. The molecule has 102 valence electrons. The van der Waals surface area contributed by atoms with Crippen LogP contribution in [0, 0.1) is 0 Å². The van der Waals surface area contributed by atoms with Gasteiger partial charge in [-0.2, -0.15) is 5.10 Å². The quantitative estimate of drug-likeness (QED) is 0.393. The summed E-state index contributed by atoms with van der Waals surface area (Å²) in [6, 6.07) is 11.9. The van der Waals surface area contributed by atoms with Gasteiger partial charge in [-0.1, -0.05) is 18.2 Å². The van der Waals surface area contributed by atoms with Crippen LogP contribution in [0.3, 0.4) is 0 Å². The summed E-state index contributed by atoms with van der Waals surface area (Å²) in [6.45, 7) is 0. The highest BCUT2D eigenvalue weighted by Gasteiger charge is 2.03. The number of aromatic hydroxyl groups is 2. The number of nitrogens with two attached hydrogens (primary N) is 1. The molecule has 0 radical (unpaired) electrons. The van der Waals surface area contributed by atoms with Gasteiger partial charge in [0.15, 0.2) is 5.11 Å². The van der Waals surface area contributed by atoms with Crippen molar-refractivity contribution in [2.75, 3.05) is 0 Å². The maximum Gasteiger partial charge on any atom is 0.184 e. The van der Waals surface area contributed by atoms with Gasteiger partial charge in [-0.25, -0.2) is 0 Å². The van der Waals surface area contributed by atoms with Crippen LogP contribution in [-0.4, -0.2) is 21.5 Å². The van der Waals surface area contributed by atoms with Gasteiger partial charge in [0.1, 0.15) is 11.5 Å². The summed E-state index contributed by atoms with van der Waals surface area (Å²) in [5, 5.41) is 22.9. The summed E-state index contributed by atoms with van der Waals surface area (Å²) >= 11 is 4.63. The summed E-state index contributed by atoms with van der Waals surface area (Å²) in [4.78, 5) is 0. The number of thiocarbonyl (C=S) groups is 1. The normalized spacial score (nSPS) is 10.6. The molecular weight excluding hydrogens is 274 g/mol. The fourth-order valence-corrected chi connectivity index (χ4v) is 1.71. The number of phenolic OH excluding ortho intramolecular Hbond substituents is 2. The molecule has 0 amide bonds. The number of hydrogen-bond donors (Lipinski definition) is 4. The largest absolute Gasteiger partial charge is 0.508 e. The van der Waals surface area contributed by atoms with Gasteiger partial charge in [0.25, 0.3) is 0 Å². The Balaban J connectivity index is 2.30. The third-order valence-electron chi connectivity index (χ3n) is 2.61. The zero-order valence-corrected chi connectivity index (χ0v) is 11.3. The number of nitrogens with zero attached hydrogens (tertiary/aromatic N) is 1. The van der Waals surface area contributed by atoms with Crippen LogP contribution in [0.15, 0.2) is 47.6 Å². The maximum absolute atomic E-state index is 9.77. The first-order valence-corrected chi connectivity index (χ1v) is 6.18. The van der Waals surface area contributed by atoms with E-state index in [-0.39, 0.29) is 16.6 Å². The average molecular weight is 287 g/mol. The van der Waals surface area contributed by atoms with Gasteiger partial charge in [-0.05, 0) is 47.6 Å². The Hall–Kier alpha value is -2.60. The van der Waals surface area contributed by atoms with Gasteiger partial charge in [-0.15, -0.1) is 0 Å². The van der Waals surface area contributed by atoms with E-state index < -0.39 is 0 Å². The Morgan fingerprint density at radius 2 is 1.75 bits per heavy atom. The molecule has 2 aromatic rings. The fraction of sp³-hybridized carbons (Fsp3) is 0. The van der Waals surface area contributed by atoms with Crippen LogP contribution >= 0.6 is 12.2 Å². The molecule has 0 aliphatic carbocycles. The van der Waals surface area contributed by atoms with E-state index in [1.807, 2.05) is 0 Å². The number of rotatable bonds is 3. The lowest BCUT2D eigenvalue weighted by Gasteiger charge is -2.05. The van der Waals surface area contributed by atoms with E-state index in [0.717, 1.165) is 11.1 Å². The van der Waals surface area contributed by atoms with Crippen molar-refractivity contribution < 1.29 is 10.2 Å². The van der Waals surface area contributed by atoms with Crippen LogP contribution in [0.25, 0.3) is 11.1 Å². The van der Waals surface area contributed by atoms with Crippen LogP contribution in [-0.2, 0) is 0 Å². The molecule has 2 aromatic carbocycles. The molecule has 0 heterocycles. The Morgan fingerprint density at radius 3 is 2.40 bits per heavy atom. The van der Waals surface area contributed by atoms with Crippen molar-refractivity contribution in [3.05, 3.63) is 48.0 Å². The summed E-state index contributed by atoms with van der Waals surface area (Å²) in [7, 11) is 0. The smallest absolute Gasteiger partial charge is 0.184 e. The van der Waals surface area contributed by atoms with Crippen LogP contribution in [0.1, 0.15) is 5.56 Å². The molecule has 0 aromatic heterocycles. The molecule has 0 saturated heterocycles. The molecule has 0 aliphatic rings. The van der Waals surface area contributed by atoms with E-state index in [1.54, 1.807) is 42.5 Å². The number of nitrogens with one attached hydrogen (secondary N) is 1. The Bertz CT molecular complexity index is 654. The van der Waals surface area contributed by atoms with E-state index in [0.29, 0.717) is 5.56 Å². The lowest BCUT2D eigenvalue weighted by Crippen LogP contribution is -2.23. The Morgan fingerprint density at radius 1 is 1.10 bits per heavy atom. The van der Waals surface area contributed by atoms with Crippen LogP contribution in [0.4, 0.5) is 0 Å². The fourth-order valence-electron chi connectivity index (χ4n) is 1.66. The highest BCUT2D eigenvalue weighted by molar-refractivity contribution is 7.80. The number of hydrazone groups is 1. The molecule has 5 N–H and O–H groups in total. The molecule has 0 spiro atoms. The van der Waals surface area contributed by atoms with Crippen molar-refractivity contribution >= 4 is 23.5 Å². The molecule has 20 heavy (non-hydrogen) atoms. The van der Waals surface area contributed by atoms with Crippen molar-refractivity contribution in [1.29, 1.82) is 0 Å². The Kier molecular flexibility index (Phi) is 4.17. The zero-order chi connectivity index (χ0) is 14.5. The molecule has 0 fully saturated rings. The van der Waals surface area contributed by atoms with Crippen LogP contribution in [0.5, 0.6) is 11.5 Å². The van der Waals surface area contributed by atoms with Gasteiger partial charge >= 0.3 is 0 Å². The number of benzene rings is 2. The van der Waals surface area contributed by atoms with Crippen molar-refractivity contribution in [3.8, 4) is 22.6 Å². The van der Waals surface area contributed by atoms with Gasteiger partial charge in [0.05, 0.1) is 6.21 Å². The minimum Gasteiger partial charge on any atom is -0.508 e. The predicted octanol–water partition coefficient (Wildman–Crippen LogP) is 1.93. The monoisotopic (exact) mass is 287 g/mol. The molecule has 2 rings (SSSR count). The third-order valence-corrected chi connectivity index (χ3v) is 2.70. The summed E-state index contributed by atoms with van der Waals surface area (Å²) < 4.78 is 0. The minimum absolute atomic E-state index is 0.0513. The number of hydrogen-bond acceptors (Lipinski definition) is 4. The molecule has 0 saturated carbocycles. The average Bonchev–Trinajstić information content (AvgIpc) is 2.41. The first-order valence-electron chi connectivity index (χ1n) is 5.77. The van der Waals surface area contributed by atoms with E-state index in [2.05, 4.69) is 22.7 Å². The highest BCUT2D eigenvalue weighted by Crippen LogP contribution is 2.26. The topological polar surface area (TPSA) is 90.9 Å². The second-order valence-corrected chi connectivity index (χ2v) is 4.49. The van der Waals surface area contributed by atoms with Crippen LogP contribution < -0.4 is 11.2 Å². The van der Waals surface area contributed by atoms with E-state index in [9.17, 15) is 10.2 Å². The second-order valence-electron chi connectivity index (χ2n) is 4.05. The molecule has 0 unspecified atom stereocenters. The summed E-state index contributed by atoms with van der Waals surface area (Å²) in [5.41, 5.74) is 10.0. The Labute approximate surface area is 121 Å². The van der Waals surface area contributed by atoms with Crippen molar-refractivity contribution in [2.45, 2.75) is 0 Å². The zero-order valence-electron chi connectivity index (χ0n) is 10.4. The minimum atomic E-state index is 0.0513. The van der Waals surface area contributed by atoms with Crippen LogP contribution in [0.2, 0.25) is 0 Å². The lowest BCUT2D eigenvalue weighted by atomic mass is 10.0. The number of phenols is 2. The van der Waals surface area contributed by atoms with E-state index in [4.69, 9.17) is 5.73 Å². The molecule has 6 heteroatoms. The highest BCUT2D eigenvalue weighted by atomic mass is 32.1. The van der Waals surface area contributed by atoms with Gasteiger partial charge in [0, 0.05) is 5.56 Å². The summed E-state index contributed by atoms with van der Waals surface area (Å²) in [5.74, 6) is 0.302. The predicted molar refractivity (Wildman–Crippen MR) is 82.7 cm³/mol.